The van der Waals surface area contributed by atoms with E-state index >= 15 is 0 Å². The smallest absolute Gasteiger partial charge is 0.152 e. The van der Waals surface area contributed by atoms with E-state index in [0.717, 1.165) is 0 Å². The first-order valence-corrected chi connectivity index (χ1v) is 4.51. The minimum absolute atomic E-state index is 0.00955. The Balaban J connectivity index is 2.84. The zero-order valence-corrected chi connectivity index (χ0v) is 8.98. The fourth-order valence-electron chi connectivity index (χ4n) is 0.884. The first-order valence-electron chi connectivity index (χ1n) is 4.51. The monoisotopic (exact) mass is 193 g/mol. The lowest BCUT2D eigenvalue weighted by Gasteiger charge is -2.17. The summed E-state index contributed by atoms with van der Waals surface area (Å²) in [5.41, 5.74) is 0.630. The third-order valence-electron chi connectivity index (χ3n) is 1.69. The molecule has 1 rings (SSSR count). The van der Waals surface area contributed by atoms with Gasteiger partial charge in [-0.25, -0.2) is 4.68 Å². The van der Waals surface area contributed by atoms with Gasteiger partial charge in [0, 0.05) is 0 Å². The van der Waals surface area contributed by atoms with E-state index in [0.29, 0.717) is 5.69 Å². The molecule has 0 aliphatic heterocycles. The van der Waals surface area contributed by atoms with Gasteiger partial charge in [0.2, 0.25) is 0 Å². The van der Waals surface area contributed by atoms with Crippen molar-refractivity contribution in [3.05, 3.63) is 18.0 Å². The largest absolute Gasteiger partial charge is 0.295 e. The predicted molar refractivity (Wildman–Crippen MR) is 54.7 cm³/mol. The fraction of sp³-hybridized carbons (Fsp3) is 0.500. The molecule has 0 saturated heterocycles. The van der Waals surface area contributed by atoms with Gasteiger partial charge in [0.05, 0.1) is 11.7 Å². The molecule has 1 aromatic heterocycles. The maximum absolute atomic E-state index is 10.7. The van der Waals surface area contributed by atoms with Crippen LogP contribution in [0.1, 0.15) is 33.4 Å². The van der Waals surface area contributed by atoms with Crippen molar-refractivity contribution in [2.45, 2.75) is 33.2 Å². The Morgan fingerprint density at radius 2 is 2.14 bits per heavy atom. The van der Waals surface area contributed by atoms with E-state index < -0.39 is 0 Å². The van der Waals surface area contributed by atoms with E-state index in [4.69, 9.17) is 0 Å². The van der Waals surface area contributed by atoms with Gasteiger partial charge in [-0.2, -0.15) is 0 Å². The van der Waals surface area contributed by atoms with Gasteiger partial charge in [0.15, 0.2) is 5.78 Å². The van der Waals surface area contributed by atoms with E-state index in [-0.39, 0.29) is 11.3 Å². The number of allylic oxidation sites excluding steroid dienone is 1. The van der Waals surface area contributed by atoms with Crippen LogP contribution in [-0.4, -0.2) is 20.8 Å². The van der Waals surface area contributed by atoms with Crippen LogP contribution in [0.4, 0.5) is 0 Å². The molecule has 0 bridgehead atoms. The number of rotatable bonds is 2. The normalized spacial score (nSPS) is 12.3. The first kappa shape index (κ1) is 10.6. The molecule has 0 amide bonds. The Morgan fingerprint density at radius 1 is 1.50 bits per heavy atom. The molecule has 0 radical (unpaired) electrons. The molecule has 0 spiro atoms. The number of hydrogen-bond donors (Lipinski definition) is 0. The summed E-state index contributed by atoms with van der Waals surface area (Å²) in [7, 11) is 0. The highest BCUT2D eigenvalue weighted by atomic mass is 16.1. The van der Waals surface area contributed by atoms with Crippen molar-refractivity contribution in [3.63, 3.8) is 0 Å². The lowest BCUT2D eigenvalue weighted by molar-refractivity contribution is -0.112. The van der Waals surface area contributed by atoms with Crippen LogP contribution < -0.4 is 0 Å². The van der Waals surface area contributed by atoms with Crippen LogP contribution in [0.5, 0.6) is 0 Å². The predicted octanol–water partition coefficient (Wildman–Crippen LogP) is 1.64. The number of carbonyl (C=O) groups is 1. The standard InChI is InChI=1S/C10H15N3O/c1-8(14)5-6-9-7-13(12-11-9)10(2,3)4/h5-7H,1-4H3/b6-5+. The highest BCUT2D eigenvalue weighted by molar-refractivity contribution is 5.91. The molecule has 14 heavy (non-hydrogen) atoms. The zero-order chi connectivity index (χ0) is 10.8. The molecule has 4 heteroatoms. The van der Waals surface area contributed by atoms with Gasteiger partial charge in [0.1, 0.15) is 5.69 Å². The molecule has 1 heterocycles. The van der Waals surface area contributed by atoms with E-state index in [1.165, 1.54) is 13.0 Å². The third-order valence-corrected chi connectivity index (χ3v) is 1.69. The maximum Gasteiger partial charge on any atom is 0.152 e. The second-order valence-corrected chi connectivity index (χ2v) is 4.20. The van der Waals surface area contributed by atoms with E-state index in [2.05, 4.69) is 10.3 Å². The number of aromatic nitrogens is 3. The van der Waals surface area contributed by atoms with Gasteiger partial charge in [-0.15, -0.1) is 5.10 Å². The molecule has 4 nitrogen and oxygen atoms in total. The van der Waals surface area contributed by atoms with Crippen LogP contribution >= 0.6 is 0 Å². The third kappa shape index (κ3) is 2.80. The van der Waals surface area contributed by atoms with Crippen molar-refractivity contribution in [1.29, 1.82) is 0 Å². The average Bonchev–Trinajstić information content (AvgIpc) is 2.47. The van der Waals surface area contributed by atoms with Gasteiger partial charge in [0.25, 0.3) is 0 Å². The molecule has 76 valence electrons. The summed E-state index contributed by atoms with van der Waals surface area (Å²) in [6, 6.07) is 0. The summed E-state index contributed by atoms with van der Waals surface area (Å²) in [6.07, 6.45) is 4.97. The molecule has 0 N–H and O–H groups in total. The molecule has 0 aromatic carbocycles. The van der Waals surface area contributed by atoms with Crippen molar-refractivity contribution in [1.82, 2.24) is 15.0 Å². The number of carbonyl (C=O) groups excluding carboxylic acids is 1. The Morgan fingerprint density at radius 3 is 2.57 bits per heavy atom. The van der Waals surface area contributed by atoms with Crippen LogP contribution in [-0.2, 0) is 10.3 Å². The highest BCUT2D eigenvalue weighted by Gasteiger charge is 2.13. The van der Waals surface area contributed by atoms with E-state index in [1.54, 1.807) is 10.8 Å². The summed E-state index contributed by atoms with van der Waals surface area (Å²) < 4.78 is 1.77. The Bertz CT molecular complexity index is 358. The van der Waals surface area contributed by atoms with Crippen LogP contribution in [0.3, 0.4) is 0 Å². The second-order valence-electron chi connectivity index (χ2n) is 4.20. The van der Waals surface area contributed by atoms with Gasteiger partial charge < -0.3 is 0 Å². The Labute approximate surface area is 83.6 Å². The van der Waals surface area contributed by atoms with Crippen molar-refractivity contribution < 1.29 is 4.79 Å². The highest BCUT2D eigenvalue weighted by Crippen LogP contribution is 2.12. The van der Waals surface area contributed by atoms with Gasteiger partial charge in [-0.1, -0.05) is 5.21 Å². The lowest BCUT2D eigenvalue weighted by Crippen LogP contribution is -2.22. The molecule has 0 fully saturated rings. The number of nitrogens with zero attached hydrogens (tertiary/aromatic N) is 3. The summed E-state index contributed by atoms with van der Waals surface area (Å²) >= 11 is 0. The van der Waals surface area contributed by atoms with Crippen molar-refractivity contribution in [2.24, 2.45) is 0 Å². The van der Waals surface area contributed by atoms with Crippen LogP contribution in [0.25, 0.3) is 6.08 Å². The van der Waals surface area contributed by atoms with Gasteiger partial charge in [-0.05, 0) is 39.8 Å². The van der Waals surface area contributed by atoms with Gasteiger partial charge >= 0.3 is 0 Å². The average molecular weight is 193 g/mol. The topological polar surface area (TPSA) is 47.8 Å². The maximum atomic E-state index is 10.7. The van der Waals surface area contributed by atoms with Crippen molar-refractivity contribution in [3.8, 4) is 0 Å². The second kappa shape index (κ2) is 3.74. The first-order chi connectivity index (χ1) is 6.39. The Kier molecular flexibility index (Phi) is 2.84. The SMILES string of the molecule is CC(=O)/C=C/c1cn(C(C)(C)C)nn1. The minimum atomic E-state index is -0.0741. The molecule has 0 unspecified atom stereocenters. The molecule has 0 aliphatic carbocycles. The number of ketones is 1. The summed E-state index contributed by atoms with van der Waals surface area (Å²) in [5, 5.41) is 7.90. The molecule has 0 atom stereocenters. The fourth-order valence-corrected chi connectivity index (χ4v) is 0.884. The summed E-state index contributed by atoms with van der Waals surface area (Å²) in [4.78, 5) is 10.7. The van der Waals surface area contributed by atoms with Crippen molar-refractivity contribution in [2.75, 3.05) is 0 Å². The minimum Gasteiger partial charge on any atom is -0.295 e. The molecule has 1 aromatic rings. The molecular weight excluding hydrogens is 178 g/mol. The van der Waals surface area contributed by atoms with Crippen molar-refractivity contribution >= 4 is 11.9 Å². The quantitative estimate of drug-likeness (QED) is 0.671. The zero-order valence-electron chi connectivity index (χ0n) is 8.98. The van der Waals surface area contributed by atoms with Crippen LogP contribution in [0.15, 0.2) is 12.3 Å². The van der Waals surface area contributed by atoms with Crippen LogP contribution in [0.2, 0.25) is 0 Å². The van der Waals surface area contributed by atoms with Crippen LogP contribution in [0, 0.1) is 0 Å². The van der Waals surface area contributed by atoms with Gasteiger partial charge in [-0.3, -0.25) is 4.79 Å². The summed E-state index contributed by atoms with van der Waals surface area (Å²) in [5.74, 6) is 0.00955. The molecule has 0 saturated carbocycles. The number of hydrogen-bond acceptors (Lipinski definition) is 3. The van der Waals surface area contributed by atoms with E-state index in [9.17, 15) is 4.79 Å². The summed E-state index contributed by atoms with van der Waals surface area (Å²) in [6.45, 7) is 7.63. The lowest BCUT2D eigenvalue weighted by atomic mass is 10.1. The van der Waals surface area contributed by atoms with E-state index in [1.807, 2.05) is 27.0 Å². The molecular formula is C10H15N3O. The molecule has 0 aliphatic rings. The Hall–Kier alpha value is -1.45.